The molecule has 0 aromatic carbocycles. The summed E-state index contributed by atoms with van der Waals surface area (Å²) >= 11 is 0. The molecule has 2 aliphatic carbocycles. The summed E-state index contributed by atoms with van der Waals surface area (Å²) in [5.41, 5.74) is 0. The van der Waals surface area contributed by atoms with E-state index in [1.165, 1.54) is 18.9 Å². The molecule has 0 aromatic rings. The predicted octanol–water partition coefficient (Wildman–Crippen LogP) is 2.94. The van der Waals surface area contributed by atoms with Gasteiger partial charge in [-0.3, -0.25) is 4.79 Å². The van der Waals surface area contributed by atoms with Gasteiger partial charge >= 0.3 is 0 Å². The van der Waals surface area contributed by atoms with E-state index in [4.69, 9.17) is 0 Å². The molecule has 2 aliphatic rings. The van der Waals surface area contributed by atoms with Gasteiger partial charge in [0.15, 0.2) is 0 Å². The summed E-state index contributed by atoms with van der Waals surface area (Å²) in [6.45, 7) is 7.26. The molecule has 2 bridgehead atoms. The van der Waals surface area contributed by atoms with Crippen molar-refractivity contribution in [3.05, 3.63) is 0 Å². The molecule has 0 aromatic heterocycles. The second-order valence-corrected chi connectivity index (χ2v) is 11.7. The number of carbonyl (C=O) groups excluding carboxylic acids is 1. The Morgan fingerprint density at radius 1 is 1.31 bits per heavy atom. The number of hydrogen-bond acceptors (Lipinski definition) is 1. The van der Waals surface area contributed by atoms with Gasteiger partial charge in [0.05, 0.1) is 0 Å². The molecule has 0 saturated heterocycles. The Balaban J connectivity index is 2.00. The van der Waals surface area contributed by atoms with Gasteiger partial charge in [0.1, 0.15) is 5.78 Å². The third kappa shape index (κ3) is 1.88. The Labute approximate surface area is 81.9 Å². The minimum atomic E-state index is -0.942. The van der Waals surface area contributed by atoms with Gasteiger partial charge in [0.25, 0.3) is 0 Å². The Kier molecular flexibility index (Phi) is 2.14. The predicted molar refractivity (Wildman–Crippen MR) is 57.5 cm³/mol. The fourth-order valence-corrected chi connectivity index (χ4v) is 5.27. The minimum Gasteiger partial charge on any atom is -0.299 e. The molecule has 1 nitrogen and oxygen atoms in total. The van der Waals surface area contributed by atoms with Crippen molar-refractivity contribution in [2.75, 3.05) is 0 Å². The van der Waals surface area contributed by atoms with Crippen molar-refractivity contribution in [2.45, 2.75) is 44.9 Å². The van der Waals surface area contributed by atoms with Crippen LogP contribution in [0.25, 0.3) is 0 Å². The topological polar surface area (TPSA) is 17.1 Å². The molecular formula is C11H20OSi. The third-order valence-electron chi connectivity index (χ3n) is 3.57. The summed E-state index contributed by atoms with van der Waals surface area (Å²) in [7, 11) is -0.942. The van der Waals surface area contributed by atoms with Crippen LogP contribution in [0.4, 0.5) is 0 Å². The van der Waals surface area contributed by atoms with Crippen molar-refractivity contribution in [1.82, 2.24) is 0 Å². The molecule has 0 amide bonds. The van der Waals surface area contributed by atoms with Crippen molar-refractivity contribution in [2.24, 2.45) is 17.8 Å². The van der Waals surface area contributed by atoms with Gasteiger partial charge in [-0.2, -0.15) is 0 Å². The molecule has 3 unspecified atom stereocenters. The molecule has 2 rings (SSSR count). The zero-order valence-corrected chi connectivity index (χ0v) is 9.97. The number of carbonyl (C=O) groups is 1. The summed E-state index contributed by atoms with van der Waals surface area (Å²) in [6, 6.07) is 1.37. The van der Waals surface area contributed by atoms with Gasteiger partial charge in [-0.05, 0) is 24.7 Å². The second-order valence-electron chi connectivity index (χ2n) is 6.14. The lowest BCUT2D eigenvalue weighted by atomic mass is 9.89. The van der Waals surface area contributed by atoms with Gasteiger partial charge < -0.3 is 0 Å². The molecule has 2 saturated carbocycles. The van der Waals surface area contributed by atoms with Crippen molar-refractivity contribution in [3.8, 4) is 0 Å². The Hall–Kier alpha value is -0.113. The Morgan fingerprint density at radius 3 is 2.46 bits per heavy atom. The van der Waals surface area contributed by atoms with Crippen LogP contribution in [0.15, 0.2) is 0 Å². The summed E-state index contributed by atoms with van der Waals surface area (Å²) in [6.07, 6.45) is 3.50. The number of fused-ring (bicyclic) bond motifs is 2. The normalized spacial score (nSPS) is 38.7. The second kappa shape index (κ2) is 2.94. The first-order valence-electron chi connectivity index (χ1n) is 5.48. The van der Waals surface area contributed by atoms with Crippen LogP contribution in [-0.2, 0) is 4.79 Å². The van der Waals surface area contributed by atoms with Gasteiger partial charge in [-0.15, -0.1) is 0 Å². The first kappa shape index (κ1) is 9.44. The fraction of sp³-hybridized carbons (Fsp3) is 0.909. The highest BCUT2D eigenvalue weighted by Crippen LogP contribution is 2.48. The van der Waals surface area contributed by atoms with Crippen LogP contribution in [0.1, 0.15) is 19.3 Å². The number of rotatable bonds is 2. The van der Waals surface area contributed by atoms with Crippen molar-refractivity contribution < 1.29 is 4.79 Å². The minimum absolute atomic E-state index is 0.483. The molecular weight excluding hydrogens is 176 g/mol. The smallest absolute Gasteiger partial charge is 0.136 e. The maximum absolute atomic E-state index is 11.5. The van der Waals surface area contributed by atoms with Gasteiger partial charge in [0, 0.05) is 20.4 Å². The molecule has 0 spiro atoms. The molecule has 0 aliphatic heterocycles. The van der Waals surface area contributed by atoms with Crippen LogP contribution in [0, 0.1) is 17.8 Å². The largest absolute Gasteiger partial charge is 0.299 e. The lowest BCUT2D eigenvalue weighted by Crippen LogP contribution is -2.29. The number of hydrogen-bond donors (Lipinski definition) is 0. The Bertz CT molecular complexity index is 229. The van der Waals surface area contributed by atoms with E-state index in [0.29, 0.717) is 11.7 Å². The van der Waals surface area contributed by atoms with Crippen LogP contribution < -0.4 is 0 Å². The van der Waals surface area contributed by atoms with Crippen molar-refractivity contribution >= 4 is 13.9 Å². The molecule has 0 radical (unpaired) electrons. The number of ketones is 1. The Morgan fingerprint density at radius 2 is 2.00 bits per heavy atom. The molecule has 2 heteroatoms. The van der Waals surface area contributed by atoms with E-state index >= 15 is 0 Å². The van der Waals surface area contributed by atoms with E-state index in [1.807, 2.05) is 0 Å². The molecule has 3 atom stereocenters. The monoisotopic (exact) mass is 196 g/mol. The standard InChI is InChI=1S/C11H20OSi/c1-13(2,3)7-9-4-8-5-10(9)11(12)6-8/h8-10H,4-7H2,1-3H3. The lowest BCUT2D eigenvalue weighted by Gasteiger charge is -2.26. The van der Waals surface area contributed by atoms with Crippen LogP contribution in [0.3, 0.4) is 0 Å². The average Bonchev–Trinajstić information content (AvgIpc) is 2.40. The summed E-state index contributed by atoms with van der Waals surface area (Å²) in [5, 5.41) is 0. The zero-order valence-electron chi connectivity index (χ0n) is 8.97. The zero-order chi connectivity index (χ0) is 9.64. The molecule has 0 heterocycles. The van der Waals surface area contributed by atoms with Crippen molar-refractivity contribution in [3.63, 3.8) is 0 Å². The highest BCUT2D eigenvalue weighted by atomic mass is 28.3. The van der Waals surface area contributed by atoms with Crippen LogP contribution in [-0.4, -0.2) is 13.9 Å². The van der Waals surface area contributed by atoms with E-state index in [0.717, 1.165) is 18.3 Å². The van der Waals surface area contributed by atoms with Crippen LogP contribution in [0.2, 0.25) is 25.7 Å². The quantitative estimate of drug-likeness (QED) is 0.621. The fourth-order valence-electron chi connectivity index (χ4n) is 3.25. The van der Waals surface area contributed by atoms with Crippen LogP contribution in [0.5, 0.6) is 0 Å². The maximum Gasteiger partial charge on any atom is 0.136 e. The molecule has 13 heavy (non-hydrogen) atoms. The van der Waals surface area contributed by atoms with E-state index in [1.54, 1.807) is 0 Å². The molecule has 74 valence electrons. The molecule has 2 fully saturated rings. The van der Waals surface area contributed by atoms with E-state index < -0.39 is 8.07 Å². The summed E-state index contributed by atoms with van der Waals surface area (Å²) in [4.78, 5) is 11.5. The highest BCUT2D eigenvalue weighted by Gasteiger charge is 2.46. The molecule has 0 N–H and O–H groups in total. The van der Waals surface area contributed by atoms with Gasteiger partial charge in [-0.1, -0.05) is 25.7 Å². The summed E-state index contributed by atoms with van der Waals surface area (Å²) < 4.78 is 0. The highest BCUT2D eigenvalue weighted by molar-refractivity contribution is 6.76. The SMILES string of the molecule is C[Si](C)(C)CC1CC2CC(=O)C1C2. The van der Waals surface area contributed by atoms with E-state index in [-0.39, 0.29) is 0 Å². The first-order chi connectivity index (χ1) is 5.96. The lowest BCUT2D eigenvalue weighted by molar-refractivity contribution is -0.123. The van der Waals surface area contributed by atoms with Gasteiger partial charge in [-0.25, -0.2) is 0 Å². The van der Waals surface area contributed by atoms with Crippen LogP contribution >= 0.6 is 0 Å². The number of Topliss-reactive ketones (excluding diaryl/α,β-unsaturated/α-hetero) is 1. The third-order valence-corrected chi connectivity index (χ3v) is 5.32. The van der Waals surface area contributed by atoms with E-state index in [2.05, 4.69) is 19.6 Å². The van der Waals surface area contributed by atoms with Gasteiger partial charge in [0.2, 0.25) is 0 Å². The summed E-state index contributed by atoms with van der Waals surface area (Å²) in [5.74, 6) is 2.62. The average molecular weight is 196 g/mol. The first-order valence-corrected chi connectivity index (χ1v) is 9.19. The maximum atomic E-state index is 11.5. The van der Waals surface area contributed by atoms with E-state index in [9.17, 15) is 4.79 Å². The van der Waals surface area contributed by atoms with Crippen molar-refractivity contribution in [1.29, 1.82) is 0 Å².